The van der Waals surface area contributed by atoms with Crippen LogP contribution in [0.2, 0.25) is 0 Å². The van der Waals surface area contributed by atoms with E-state index < -0.39 is 42.1 Å². The van der Waals surface area contributed by atoms with Gasteiger partial charge in [-0.15, -0.1) is 0 Å². The molecule has 7 heteroatoms. The summed E-state index contributed by atoms with van der Waals surface area (Å²) in [6, 6.07) is 0. The lowest BCUT2D eigenvalue weighted by molar-refractivity contribution is -0.148. The van der Waals surface area contributed by atoms with E-state index in [2.05, 4.69) is 6.58 Å². The molecule has 0 radical (unpaired) electrons. The minimum atomic E-state index is -0.682. The Morgan fingerprint density at radius 1 is 1.31 bits per heavy atom. The van der Waals surface area contributed by atoms with Crippen LogP contribution in [-0.2, 0) is 28.6 Å². The maximum Gasteiger partial charge on any atom is 0.334 e. The normalized spacial score (nSPS) is 31.6. The van der Waals surface area contributed by atoms with Gasteiger partial charge < -0.3 is 19.3 Å². The van der Waals surface area contributed by atoms with Crippen molar-refractivity contribution in [1.29, 1.82) is 0 Å². The topological polar surface area (TPSA) is 99.1 Å². The van der Waals surface area contributed by atoms with E-state index in [0.29, 0.717) is 12.8 Å². The Labute approximate surface area is 170 Å². The molecule has 0 aromatic heterocycles. The van der Waals surface area contributed by atoms with Crippen LogP contribution in [0.4, 0.5) is 0 Å². The first-order chi connectivity index (χ1) is 13.6. The van der Waals surface area contributed by atoms with E-state index in [1.165, 1.54) is 13.0 Å². The fourth-order valence-electron chi connectivity index (χ4n) is 3.48. The van der Waals surface area contributed by atoms with E-state index in [1.54, 1.807) is 19.9 Å². The number of aliphatic hydroxyl groups excluding tert-OH is 1. The first kappa shape index (κ1) is 22.6. The number of esters is 3. The van der Waals surface area contributed by atoms with Crippen LogP contribution in [0.15, 0.2) is 47.1 Å². The van der Waals surface area contributed by atoms with Crippen LogP contribution in [0.25, 0.3) is 0 Å². The van der Waals surface area contributed by atoms with E-state index >= 15 is 0 Å². The molecule has 0 amide bonds. The summed E-state index contributed by atoms with van der Waals surface area (Å²) < 4.78 is 16.6. The average Bonchev–Trinajstić information content (AvgIpc) is 2.90. The highest BCUT2D eigenvalue weighted by atomic mass is 16.6. The molecule has 0 unspecified atom stereocenters. The zero-order valence-corrected chi connectivity index (χ0v) is 17.3. The lowest BCUT2D eigenvalue weighted by Gasteiger charge is -2.28. The maximum absolute atomic E-state index is 12.4. The first-order valence-electron chi connectivity index (χ1n) is 9.53. The van der Waals surface area contributed by atoms with Gasteiger partial charge in [-0.2, -0.15) is 0 Å². The van der Waals surface area contributed by atoms with E-state index in [-0.39, 0.29) is 17.8 Å². The summed E-state index contributed by atoms with van der Waals surface area (Å²) in [7, 11) is 0. The molecule has 2 rings (SSSR count). The second-order valence-electron chi connectivity index (χ2n) is 7.43. The van der Waals surface area contributed by atoms with E-state index in [0.717, 1.165) is 11.1 Å². The maximum atomic E-state index is 12.4. The number of aliphatic hydroxyl groups is 1. The molecule has 0 aromatic rings. The lowest BCUT2D eigenvalue weighted by atomic mass is 9.85. The lowest BCUT2D eigenvalue weighted by Crippen LogP contribution is -2.34. The first-order valence-corrected chi connectivity index (χ1v) is 9.53. The SMILES string of the molecule is C=C1C(=O)O[C@H]2/C=C(\C)[C@@H](OC(C)=O)C/C=C(/C)C[C@@H](OC(=O)/C(C)=C\CO)[C@@H]12. The third-order valence-electron chi connectivity index (χ3n) is 5.09. The zero-order valence-electron chi connectivity index (χ0n) is 17.3. The molecule has 1 heterocycles. The van der Waals surface area contributed by atoms with Crippen molar-refractivity contribution in [3.05, 3.63) is 47.1 Å². The fraction of sp³-hybridized carbons (Fsp3) is 0.500. The van der Waals surface area contributed by atoms with Crippen molar-refractivity contribution in [2.45, 2.75) is 58.8 Å². The molecule has 1 saturated heterocycles. The van der Waals surface area contributed by atoms with Gasteiger partial charge in [0.2, 0.25) is 0 Å². The van der Waals surface area contributed by atoms with Crippen molar-refractivity contribution in [1.82, 2.24) is 0 Å². The number of carbonyl (C=O) groups excluding carboxylic acids is 3. The van der Waals surface area contributed by atoms with E-state index in [9.17, 15) is 14.4 Å². The highest BCUT2D eigenvalue weighted by Crippen LogP contribution is 2.36. The quantitative estimate of drug-likeness (QED) is 0.333. The van der Waals surface area contributed by atoms with Gasteiger partial charge in [0.15, 0.2) is 0 Å². The van der Waals surface area contributed by atoms with Crippen LogP contribution in [0, 0.1) is 5.92 Å². The summed E-state index contributed by atoms with van der Waals surface area (Å²) in [5.41, 5.74) is 2.17. The van der Waals surface area contributed by atoms with Gasteiger partial charge >= 0.3 is 17.9 Å². The molecule has 1 N–H and O–H groups in total. The number of hydrogen-bond acceptors (Lipinski definition) is 7. The van der Waals surface area contributed by atoms with Gasteiger partial charge in [-0.05, 0) is 38.5 Å². The van der Waals surface area contributed by atoms with Gasteiger partial charge in [0.1, 0.15) is 18.3 Å². The Kier molecular flexibility index (Phi) is 7.56. The average molecular weight is 404 g/mol. The van der Waals surface area contributed by atoms with Gasteiger partial charge in [0, 0.05) is 30.9 Å². The predicted octanol–water partition coefficient (Wildman–Crippen LogP) is 2.55. The molecular weight excluding hydrogens is 376 g/mol. The fourth-order valence-corrected chi connectivity index (χ4v) is 3.48. The molecular formula is C22H28O7. The summed E-state index contributed by atoms with van der Waals surface area (Å²) in [6.45, 7) is 10.2. The number of carbonyl (C=O) groups is 3. The van der Waals surface area contributed by atoms with Crippen LogP contribution < -0.4 is 0 Å². The molecule has 0 aromatic carbocycles. The Bertz CT molecular complexity index is 787. The molecule has 1 fully saturated rings. The molecule has 0 spiro atoms. The van der Waals surface area contributed by atoms with Gasteiger partial charge in [-0.25, -0.2) is 9.59 Å². The Morgan fingerprint density at radius 2 is 2.00 bits per heavy atom. The minimum absolute atomic E-state index is 0.234. The Morgan fingerprint density at radius 3 is 2.62 bits per heavy atom. The summed E-state index contributed by atoms with van der Waals surface area (Å²) in [6.07, 6.45) is 4.05. The monoisotopic (exact) mass is 404 g/mol. The van der Waals surface area contributed by atoms with Crippen LogP contribution in [-0.4, -0.2) is 47.9 Å². The van der Waals surface area contributed by atoms with Crippen molar-refractivity contribution >= 4 is 17.9 Å². The number of fused-ring (bicyclic) bond motifs is 1. The Hall–Kier alpha value is -2.67. The molecule has 158 valence electrons. The van der Waals surface area contributed by atoms with E-state index in [1.807, 2.05) is 13.0 Å². The van der Waals surface area contributed by atoms with Crippen LogP contribution in [0.5, 0.6) is 0 Å². The minimum Gasteiger partial charge on any atom is -0.458 e. The summed E-state index contributed by atoms with van der Waals surface area (Å²) >= 11 is 0. The molecule has 4 atom stereocenters. The van der Waals surface area contributed by atoms with Crippen molar-refractivity contribution < 1.29 is 33.7 Å². The van der Waals surface area contributed by atoms with Gasteiger partial charge in [0.05, 0.1) is 12.5 Å². The predicted molar refractivity (Wildman–Crippen MR) is 106 cm³/mol. The van der Waals surface area contributed by atoms with Crippen molar-refractivity contribution in [3.63, 3.8) is 0 Å². The van der Waals surface area contributed by atoms with Gasteiger partial charge in [-0.1, -0.05) is 18.2 Å². The largest absolute Gasteiger partial charge is 0.458 e. The highest BCUT2D eigenvalue weighted by Gasteiger charge is 2.44. The van der Waals surface area contributed by atoms with Crippen LogP contribution in [0.1, 0.15) is 40.5 Å². The third-order valence-corrected chi connectivity index (χ3v) is 5.09. The molecule has 1 aliphatic heterocycles. The van der Waals surface area contributed by atoms with Crippen LogP contribution in [0.3, 0.4) is 0 Å². The number of rotatable bonds is 4. The van der Waals surface area contributed by atoms with E-state index in [4.69, 9.17) is 19.3 Å². The van der Waals surface area contributed by atoms with Crippen molar-refractivity contribution in [3.8, 4) is 0 Å². The molecule has 7 nitrogen and oxygen atoms in total. The molecule has 2 aliphatic rings. The second-order valence-corrected chi connectivity index (χ2v) is 7.43. The van der Waals surface area contributed by atoms with Crippen LogP contribution >= 0.6 is 0 Å². The molecule has 0 saturated carbocycles. The number of ether oxygens (including phenoxy) is 3. The highest BCUT2D eigenvalue weighted by molar-refractivity contribution is 5.92. The van der Waals surface area contributed by atoms with Gasteiger partial charge in [0.25, 0.3) is 0 Å². The molecule has 0 bridgehead atoms. The second kappa shape index (κ2) is 9.69. The van der Waals surface area contributed by atoms with Crippen molar-refractivity contribution in [2.24, 2.45) is 5.92 Å². The molecule has 29 heavy (non-hydrogen) atoms. The third kappa shape index (κ3) is 5.67. The van der Waals surface area contributed by atoms with Gasteiger partial charge in [-0.3, -0.25) is 4.79 Å². The molecule has 1 aliphatic carbocycles. The van der Waals surface area contributed by atoms with Crippen molar-refractivity contribution in [2.75, 3.05) is 6.61 Å². The zero-order chi connectivity index (χ0) is 21.7. The standard InChI is InChI=1S/C22H28O7/c1-12-6-7-17(27-16(5)24)14(3)11-19-20(15(4)22(26)29-19)18(10-12)28-21(25)13(2)8-9-23/h6,8,11,17-20,23H,4,7,9-10H2,1-3,5H3/b12-6-,13-8-,14-11+/t17-,18+,19-,20+/m0/s1. The summed E-state index contributed by atoms with van der Waals surface area (Å²) in [5, 5.41) is 9.01. The smallest absolute Gasteiger partial charge is 0.334 e. The summed E-state index contributed by atoms with van der Waals surface area (Å²) in [4.78, 5) is 36.1. The summed E-state index contributed by atoms with van der Waals surface area (Å²) in [5.74, 6) is -2.08. The number of hydrogen-bond donors (Lipinski definition) is 1. The Balaban J connectivity index is 2.42.